The Hall–Kier alpha value is -2.53. The van der Waals surface area contributed by atoms with Crippen LogP contribution in [0.25, 0.3) is 0 Å². The van der Waals surface area contributed by atoms with Gasteiger partial charge in [0.2, 0.25) is 5.91 Å². The van der Waals surface area contributed by atoms with Gasteiger partial charge in [0, 0.05) is 24.5 Å². The Morgan fingerprint density at radius 2 is 2.00 bits per heavy atom. The van der Waals surface area contributed by atoms with Crippen LogP contribution in [0, 0.1) is 0 Å². The largest absolute Gasteiger partial charge is 0.497 e. The van der Waals surface area contributed by atoms with E-state index >= 15 is 0 Å². The second kappa shape index (κ2) is 8.23. The zero-order chi connectivity index (χ0) is 18.5. The smallest absolute Gasteiger partial charge is 0.253 e. The van der Waals surface area contributed by atoms with E-state index in [0.717, 1.165) is 17.7 Å². The van der Waals surface area contributed by atoms with Crippen molar-refractivity contribution >= 4 is 29.1 Å². The first-order chi connectivity index (χ1) is 12.6. The summed E-state index contributed by atoms with van der Waals surface area (Å²) in [7, 11) is 1.63. The van der Waals surface area contributed by atoms with E-state index in [4.69, 9.17) is 16.3 Å². The molecule has 136 valence electrons. The molecule has 0 aromatic heterocycles. The van der Waals surface area contributed by atoms with Gasteiger partial charge in [-0.2, -0.15) is 0 Å². The minimum Gasteiger partial charge on any atom is -0.497 e. The van der Waals surface area contributed by atoms with Crippen LogP contribution in [0.5, 0.6) is 5.75 Å². The van der Waals surface area contributed by atoms with Crippen LogP contribution in [0.2, 0.25) is 5.02 Å². The van der Waals surface area contributed by atoms with E-state index in [-0.39, 0.29) is 11.8 Å². The molecular weight excluding hydrogens is 352 g/mol. The molecule has 0 radical (unpaired) electrons. The highest BCUT2D eigenvalue weighted by molar-refractivity contribution is 6.31. The van der Waals surface area contributed by atoms with Gasteiger partial charge in [0.25, 0.3) is 5.91 Å². The van der Waals surface area contributed by atoms with Crippen molar-refractivity contribution < 1.29 is 14.3 Å². The van der Waals surface area contributed by atoms with Crippen LogP contribution in [0.15, 0.2) is 42.5 Å². The Morgan fingerprint density at radius 1 is 1.23 bits per heavy atom. The standard InChI is InChI=1S/C20H21ClN2O3/c1-26-16-7-4-14(5-8-16)10-11-22-20(25)17-9-6-15(21)13-18(17)23-12-2-3-19(23)24/h4-9,13H,2-3,10-12H2,1H3,(H,22,25). The van der Waals surface area contributed by atoms with Gasteiger partial charge in [-0.05, 0) is 48.7 Å². The Labute approximate surface area is 157 Å². The van der Waals surface area contributed by atoms with E-state index in [9.17, 15) is 9.59 Å². The summed E-state index contributed by atoms with van der Waals surface area (Å²) in [6.07, 6.45) is 2.01. The molecule has 26 heavy (non-hydrogen) atoms. The van der Waals surface area contributed by atoms with Crippen LogP contribution in [-0.4, -0.2) is 32.0 Å². The summed E-state index contributed by atoms with van der Waals surface area (Å²) in [5.74, 6) is 0.628. The highest BCUT2D eigenvalue weighted by Gasteiger charge is 2.26. The summed E-state index contributed by atoms with van der Waals surface area (Å²) in [4.78, 5) is 26.3. The molecule has 0 saturated carbocycles. The number of amides is 2. The molecule has 0 aliphatic carbocycles. The van der Waals surface area contributed by atoms with Crippen molar-refractivity contribution in [2.75, 3.05) is 25.1 Å². The highest BCUT2D eigenvalue weighted by atomic mass is 35.5. The van der Waals surface area contributed by atoms with Crippen LogP contribution in [-0.2, 0) is 11.2 Å². The Balaban J connectivity index is 1.66. The van der Waals surface area contributed by atoms with Crippen LogP contribution in [0.1, 0.15) is 28.8 Å². The molecule has 0 spiro atoms. The van der Waals surface area contributed by atoms with Crippen molar-refractivity contribution in [3.05, 3.63) is 58.6 Å². The number of ether oxygens (including phenoxy) is 1. The molecule has 6 heteroatoms. The molecule has 0 atom stereocenters. The SMILES string of the molecule is COc1ccc(CCNC(=O)c2ccc(Cl)cc2N2CCCC2=O)cc1. The summed E-state index contributed by atoms with van der Waals surface area (Å²) in [6.45, 7) is 1.12. The summed E-state index contributed by atoms with van der Waals surface area (Å²) >= 11 is 6.08. The Bertz CT molecular complexity index is 805. The first-order valence-electron chi connectivity index (χ1n) is 8.59. The van der Waals surface area contributed by atoms with Crippen LogP contribution in [0.3, 0.4) is 0 Å². The first kappa shape index (κ1) is 18.3. The lowest BCUT2D eigenvalue weighted by molar-refractivity contribution is -0.117. The fourth-order valence-corrected chi connectivity index (χ4v) is 3.20. The van der Waals surface area contributed by atoms with E-state index in [2.05, 4.69) is 5.32 Å². The molecule has 1 fully saturated rings. The Kier molecular flexibility index (Phi) is 5.78. The minimum atomic E-state index is -0.204. The van der Waals surface area contributed by atoms with Gasteiger partial charge in [-0.15, -0.1) is 0 Å². The number of benzene rings is 2. The van der Waals surface area contributed by atoms with Crippen molar-refractivity contribution in [1.29, 1.82) is 0 Å². The van der Waals surface area contributed by atoms with Gasteiger partial charge in [0.15, 0.2) is 0 Å². The zero-order valence-corrected chi connectivity index (χ0v) is 15.4. The number of nitrogens with one attached hydrogen (secondary N) is 1. The molecule has 1 aliphatic rings. The highest BCUT2D eigenvalue weighted by Crippen LogP contribution is 2.28. The number of methoxy groups -OCH3 is 1. The molecule has 2 aromatic carbocycles. The van der Waals surface area contributed by atoms with Crippen molar-refractivity contribution in [2.24, 2.45) is 0 Å². The lowest BCUT2D eigenvalue weighted by Gasteiger charge is -2.19. The summed E-state index contributed by atoms with van der Waals surface area (Å²) in [6, 6.07) is 12.8. The third kappa shape index (κ3) is 4.17. The lowest BCUT2D eigenvalue weighted by atomic mass is 10.1. The number of halogens is 1. The van der Waals surface area contributed by atoms with Crippen LogP contribution >= 0.6 is 11.6 Å². The molecular formula is C20H21ClN2O3. The van der Waals surface area contributed by atoms with E-state index in [1.807, 2.05) is 24.3 Å². The van der Waals surface area contributed by atoms with Gasteiger partial charge < -0.3 is 15.0 Å². The first-order valence-corrected chi connectivity index (χ1v) is 8.97. The molecule has 1 aliphatic heterocycles. The fraction of sp³-hybridized carbons (Fsp3) is 0.300. The zero-order valence-electron chi connectivity index (χ0n) is 14.6. The number of hydrogen-bond acceptors (Lipinski definition) is 3. The minimum absolute atomic E-state index is 0.0274. The van der Waals surface area contributed by atoms with Crippen molar-refractivity contribution in [3.63, 3.8) is 0 Å². The fourth-order valence-electron chi connectivity index (χ4n) is 3.03. The number of carbonyl (C=O) groups is 2. The van der Waals surface area contributed by atoms with Gasteiger partial charge >= 0.3 is 0 Å². The van der Waals surface area contributed by atoms with Crippen molar-refractivity contribution in [2.45, 2.75) is 19.3 Å². The lowest BCUT2D eigenvalue weighted by Crippen LogP contribution is -2.30. The maximum Gasteiger partial charge on any atom is 0.253 e. The van der Waals surface area contributed by atoms with Crippen molar-refractivity contribution in [1.82, 2.24) is 5.32 Å². The van der Waals surface area contributed by atoms with Gasteiger partial charge in [0.05, 0.1) is 18.4 Å². The van der Waals surface area contributed by atoms with Crippen LogP contribution in [0.4, 0.5) is 5.69 Å². The molecule has 1 heterocycles. The maximum atomic E-state index is 12.6. The second-order valence-corrected chi connectivity index (χ2v) is 6.60. The molecule has 5 nitrogen and oxygen atoms in total. The van der Waals surface area contributed by atoms with Crippen LogP contribution < -0.4 is 15.0 Å². The summed E-state index contributed by atoms with van der Waals surface area (Å²) in [5.41, 5.74) is 2.17. The maximum absolute atomic E-state index is 12.6. The molecule has 0 bridgehead atoms. The van der Waals surface area contributed by atoms with Gasteiger partial charge in [-0.25, -0.2) is 0 Å². The van der Waals surface area contributed by atoms with E-state index in [1.165, 1.54) is 0 Å². The monoisotopic (exact) mass is 372 g/mol. The van der Waals surface area contributed by atoms with Gasteiger partial charge in [-0.3, -0.25) is 9.59 Å². The van der Waals surface area contributed by atoms with E-state index < -0.39 is 0 Å². The average molecular weight is 373 g/mol. The molecule has 0 unspecified atom stereocenters. The van der Waals surface area contributed by atoms with E-state index in [1.54, 1.807) is 30.2 Å². The third-order valence-electron chi connectivity index (χ3n) is 4.43. The average Bonchev–Trinajstić information content (AvgIpc) is 3.08. The number of rotatable bonds is 6. The molecule has 2 aromatic rings. The molecule has 1 saturated heterocycles. The normalized spacial score (nSPS) is 13.8. The Morgan fingerprint density at radius 3 is 2.65 bits per heavy atom. The topological polar surface area (TPSA) is 58.6 Å². The molecule has 3 rings (SSSR count). The predicted octanol–water partition coefficient (Wildman–Crippen LogP) is 3.45. The number of nitrogens with zero attached hydrogens (tertiary/aromatic N) is 1. The second-order valence-electron chi connectivity index (χ2n) is 6.16. The van der Waals surface area contributed by atoms with Gasteiger partial charge in [0.1, 0.15) is 5.75 Å². The molecule has 1 N–H and O–H groups in total. The summed E-state index contributed by atoms with van der Waals surface area (Å²) < 4.78 is 5.14. The van der Waals surface area contributed by atoms with Gasteiger partial charge in [-0.1, -0.05) is 23.7 Å². The predicted molar refractivity (Wildman–Crippen MR) is 102 cm³/mol. The third-order valence-corrected chi connectivity index (χ3v) is 4.66. The van der Waals surface area contributed by atoms with E-state index in [0.29, 0.717) is 42.2 Å². The summed E-state index contributed by atoms with van der Waals surface area (Å²) in [5, 5.41) is 3.43. The number of anilines is 1. The van der Waals surface area contributed by atoms with Crippen molar-refractivity contribution in [3.8, 4) is 5.75 Å². The number of hydrogen-bond donors (Lipinski definition) is 1. The number of carbonyl (C=O) groups excluding carboxylic acids is 2. The molecule has 2 amide bonds. The quantitative estimate of drug-likeness (QED) is 0.844.